The summed E-state index contributed by atoms with van der Waals surface area (Å²) in [5.74, 6) is 1.24. The van der Waals surface area contributed by atoms with Crippen molar-refractivity contribution >= 4 is 16.5 Å². The van der Waals surface area contributed by atoms with Gasteiger partial charge in [0.25, 0.3) is 0 Å². The molecule has 3 aliphatic rings. The molecule has 33 heavy (non-hydrogen) atoms. The highest BCUT2D eigenvalue weighted by Crippen LogP contribution is 2.65. The topological polar surface area (TPSA) is 32.7 Å². The zero-order valence-corrected chi connectivity index (χ0v) is 20.8. The molecule has 1 heterocycles. The highest BCUT2D eigenvalue weighted by molar-refractivity contribution is 6.10. The van der Waals surface area contributed by atoms with Gasteiger partial charge in [-0.2, -0.15) is 0 Å². The Kier molecular flexibility index (Phi) is 4.09. The molecule has 0 unspecified atom stereocenters. The van der Waals surface area contributed by atoms with Crippen LogP contribution in [0.2, 0.25) is 0 Å². The second kappa shape index (κ2) is 6.46. The number of hydrogen-bond donors (Lipinski definition) is 1. The molecular weight excluding hydrogens is 406 g/mol. The molecule has 0 atom stereocenters. The number of aromatic hydroxyl groups is 1. The summed E-state index contributed by atoms with van der Waals surface area (Å²) >= 11 is 0. The summed E-state index contributed by atoms with van der Waals surface area (Å²) in [5.41, 5.74) is 8.36. The molecule has 1 spiro atoms. The van der Waals surface area contributed by atoms with E-state index in [4.69, 9.17) is 4.74 Å². The van der Waals surface area contributed by atoms with Crippen molar-refractivity contribution in [3.8, 4) is 22.6 Å². The first-order chi connectivity index (χ1) is 15.6. The van der Waals surface area contributed by atoms with E-state index in [0.717, 1.165) is 36.9 Å². The van der Waals surface area contributed by atoms with Crippen LogP contribution in [-0.2, 0) is 11.8 Å². The van der Waals surface area contributed by atoms with E-state index in [1.807, 2.05) is 6.07 Å². The van der Waals surface area contributed by atoms with Crippen LogP contribution in [0.5, 0.6) is 11.5 Å². The van der Waals surface area contributed by atoms with Crippen molar-refractivity contribution in [1.82, 2.24) is 0 Å². The van der Waals surface area contributed by atoms with Gasteiger partial charge in [-0.15, -0.1) is 0 Å². The molecule has 0 radical (unpaired) electrons. The Labute approximate surface area is 197 Å². The number of rotatable bonds is 1. The van der Waals surface area contributed by atoms with Crippen molar-refractivity contribution in [2.45, 2.75) is 58.8 Å². The van der Waals surface area contributed by atoms with Gasteiger partial charge in [0.1, 0.15) is 11.5 Å². The van der Waals surface area contributed by atoms with Crippen LogP contribution >= 0.6 is 0 Å². The van der Waals surface area contributed by atoms with Crippen LogP contribution in [0.15, 0.2) is 36.4 Å². The maximum Gasteiger partial charge on any atom is 0.143 e. The lowest BCUT2D eigenvalue weighted by Gasteiger charge is -2.51. The highest BCUT2D eigenvalue weighted by atomic mass is 16.5. The van der Waals surface area contributed by atoms with Crippen LogP contribution in [0.1, 0.15) is 63.6 Å². The van der Waals surface area contributed by atoms with Crippen molar-refractivity contribution in [2.24, 2.45) is 10.8 Å². The Morgan fingerprint density at radius 3 is 2.33 bits per heavy atom. The number of anilines is 1. The van der Waals surface area contributed by atoms with E-state index in [2.05, 4.69) is 70.0 Å². The second-order valence-corrected chi connectivity index (χ2v) is 12.3. The van der Waals surface area contributed by atoms with Crippen molar-refractivity contribution in [1.29, 1.82) is 0 Å². The Morgan fingerprint density at radius 1 is 0.939 bits per heavy atom. The summed E-state index contributed by atoms with van der Waals surface area (Å²) in [6, 6.07) is 13.2. The zero-order chi connectivity index (χ0) is 23.3. The first-order valence-corrected chi connectivity index (χ1v) is 12.3. The molecule has 0 saturated heterocycles. The minimum absolute atomic E-state index is 0.0693. The van der Waals surface area contributed by atoms with Gasteiger partial charge in [-0.3, -0.25) is 0 Å². The molecule has 0 bridgehead atoms. The van der Waals surface area contributed by atoms with E-state index in [1.54, 1.807) is 7.11 Å². The smallest absolute Gasteiger partial charge is 0.143 e. The summed E-state index contributed by atoms with van der Waals surface area (Å²) in [6.45, 7) is 10.7. The van der Waals surface area contributed by atoms with E-state index in [0.29, 0.717) is 5.75 Å². The van der Waals surface area contributed by atoms with Gasteiger partial charge in [0, 0.05) is 24.4 Å². The molecule has 2 aliphatic carbocycles. The lowest BCUT2D eigenvalue weighted by Crippen LogP contribution is -2.43. The molecule has 0 amide bonds. The fourth-order valence-corrected chi connectivity index (χ4v) is 8.24. The van der Waals surface area contributed by atoms with Crippen LogP contribution in [0, 0.1) is 10.8 Å². The monoisotopic (exact) mass is 441 g/mol. The summed E-state index contributed by atoms with van der Waals surface area (Å²) in [6.07, 6.45) is 4.41. The average Bonchev–Trinajstić information content (AvgIpc) is 3.23. The molecule has 172 valence electrons. The summed E-state index contributed by atoms with van der Waals surface area (Å²) in [4.78, 5) is 2.30. The van der Waals surface area contributed by atoms with Crippen LogP contribution in [0.4, 0.5) is 5.69 Å². The van der Waals surface area contributed by atoms with E-state index in [1.165, 1.54) is 45.3 Å². The van der Waals surface area contributed by atoms with E-state index < -0.39 is 0 Å². The summed E-state index contributed by atoms with van der Waals surface area (Å²) in [7, 11) is 3.87. The molecule has 3 aromatic carbocycles. The first-order valence-electron chi connectivity index (χ1n) is 12.3. The van der Waals surface area contributed by atoms with Crippen molar-refractivity contribution in [3.05, 3.63) is 53.1 Å². The molecule has 6 rings (SSSR count). The van der Waals surface area contributed by atoms with Gasteiger partial charge < -0.3 is 14.7 Å². The minimum atomic E-state index is -0.0693. The quantitative estimate of drug-likeness (QED) is 0.439. The van der Waals surface area contributed by atoms with Gasteiger partial charge in [0.15, 0.2) is 0 Å². The Balaban J connectivity index is 1.77. The van der Waals surface area contributed by atoms with Gasteiger partial charge in [0.05, 0.1) is 12.8 Å². The summed E-state index contributed by atoms with van der Waals surface area (Å²) in [5, 5.41) is 13.6. The van der Waals surface area contributed by atoms with Gasteiger partial charge in [-0.1, -0.05) is 52.0 Å². The van der Waals surface area contributed by atoms with E-state index in [9.17, 15) is 5.11 Å². The molecule has 3 heteroatoms. The first kappa shape index (κ1) is 20.9. The number of nitrogens with zero attached hydrogens (tertiary/aromatic N) is 1. The van der Waals surface area contributed by atoms with Crippen molar-refractivity contribution in [2.75, 3.05) is 25.6 Å². The van der Waals surface area contributed by atoms with Crippen LogP contribution in [-0.4, -0.2) is 25.8 Å². The molecule has 1 N–H and O–H groups in total. The predicted octanol–water partition coefficient (Wildman–Crippen LogP) is 7.05. The van der Waals surface area contributed by atoms with Gasteiger partial charge >= 0.3 is 0 Å². The number of phenols is 1. The normalized spacial score (nSPS) is 21.2. The molecular formula is C30H35NO2. The Hall–Kier alpha value is -2.68. The number of benzene rings is 3. The van der Waals surface area contributed by atoms with Crippen LogP contribution < -0.4 is 9.64 Å². The lowest BCUT2D eigenvalue weighted by atomic mass is 9.52. The van der Waals surface area contributed by atoms with Crippen LogP contribution in [0.3, 0.4) is 0 Å². The number of fused-ring (bicyclic) bond motifs is 9. The lowest BCUT2D eigenvalue weighted by molar-refractivity contribution is 0.0645. The molecule has 1 aliphatic heterocycles. The van der Waals surface area contributed by atoms with Crippen molar-refractivity contribution in [3.63, 3.8) is 0 Å². The van der Waals surface area contributed by atoms with E-state index in [-0.39, 0.29) is 16.2 Å². The number of methoxy groups -OCH3 is 1. The maximum atomic E-state index is 11.4. The van der Waals surface area contributed by atoms with Gasteiger partial charge in [-0.05, 0) is 81.8 Å². The predicted molar refractivity (Wildman–Crippen MR) is 137 cm³/mol. The molecule has 3 nitrogen and oxygen atoms in total. The summed E-state index contributed by atoms with van der Waals surface area (Å²) < 4.78 is 5.79. The van der Waals surface area contributed by atoms with Crippen molar-refractivity contribution < 1.29 is 9.84 Å². The number of likely N-dealkylation sites (N-methyl/N-ethyl adjacent to an activating group) is 1. The maximum absolute atomic E-state index is 11.4. The van der Waals surface area contributed by atoms with Gasteiger partial charge in [-0.25, -0.2) is 0 Å². The van der Waals surface area contributed by atoms with Crippen LogP contribution in [0.25, 0.3) is 21.9 Å². The fourth-order valence-electron chi connectivity index (χ4n) is 8.24. The third kappa shape index (κ3) is 2.74. The molecule has 3 aromatic rings. The SMILES string of the molecule is COc1cc2c(O)cc3c(c2c2c1N(C)CC2)-c1ccccc1C31CC(C)(C)CC(C)(C)C1. The largest absolute Gasteiger partial charge is 0.507 e. The number of hydrogen-bond acceptors (Lipinski definition) is 3. The third-order valence-electron chi connectivity index (χ3n) is 8.49. The fraction of sp³-hybridized carbons (Fsp3) is 0.467. The number of ether oxygens (including phenoxy) is 1. The Morgan fingerprint density at radius 2 is 1.64 bits per heavy atom. The average molecular weight is 442 g/mol. The Bertz CT molecular complexity index is 1300. The molecule has 1 saturated carbocycles. The number of phenolic OH excluding ortho intramolecular Hbond substituents is 1. The second-order valence-electron chi connectivity index (χ2n) is 12.3. The standard InChI is InChI=1S/C30H35NO2/c1-28(2)15-29(3,4)17-30(16-28)21-10-8-7-9-18(21)26-22(30)14-23(32)20-13-24(33-6)27-19(25(20)26)11-12-31(27)5/h7-10,13-14,32H,11-12,15-17H2,1-6H3. The minimum Gasteiger partial charge on any atom is -0.507 e. The zero-order valence-electron chi connectivity index (χ0n) is 20.8. The molecule has 1 fully saturated rings. The van der Waals surface area contributed by atoms with Gasteiger partial charge in [0.2, 0.25) is 0 Å². The van der Waals surface area contributed by atoms with E-state index >= 15 is 0 Å². The third-order valence-corrected chi connectivity index (χ3v) is 8.49. The molecule has 0 aromatic heterocycles. The highest BCUT2D eigenvalue weighted by Gasteiger charge is 2.54.